The number of sulfone groups is 2. The van der Waals surface area contributed by atoms with Crippen LogP contribution in [0.2, 0.25) is 0 Å². The van der Waals surface area contributed by atoms with Gasteiger partial charge in [0.2, 0.25) is 5.95 Å². The quantitative estimate of drug-likeness (QED) is 0.388. The van der Waals surface area contributed by atoms with Crippen LogP contribution in [0.15, 0.2) is 41.3 Å². The van der Waals surface area contributed by atoms with E-state index < -0.39 is 19.7 Å². The van der Waals surface area contributed by atoms with Crippen molar-refractivity contribution in [3.05, 3.63) is 42.0 Å². The Morgan fingerprint density at radius 1 is 1.03 bits per heavy atom. The number of fused-ring (bicyclic) bond motifs is 2. The molecule has 0 saturated carbocycles. The van der Waals surface area contributed by atoms with E-state index >= 15 is 0 Å². The third-order valence-electron chi connectivity index (χ3n) is 4.91. The molecule has 0 bridgehead atoms. The third-order valence-corrected chi connectivity index (χ3v) is 7.90. The van der Waals surface area contributed by atoms with E-state index in [9.17, 15) is 21.6 Å². The van der Waals surface area contributed by atoms with Gasteiger partial charge in [-0.1, -0.05) is 11.3 Å². The minimum Gasteiger partial charge on any atom is -0.351 e. The van der Waals surface area contributed by atoms with Gasteiger partial charge in [-0.25, -0.2) is 26.8 Å². The lowest BCUT2D eigenvalue weighted by molar-refractivity contribution is 0.0956. The number of hydrogen-bond donors (Lipinski definition) is 2. The number of carbonyl (C=O) groups excluding carboxylic acids is 1. The molecule has 0 radical (unpaired) electrons. The van der Waals surface area contributed by atoms with Gasteiger partial charge in [0.05, 0.1) is 31.9 Å². The third kappa shape index (κ3) is 5.15. The van der Waals surface area contributed by atoms with Crippen molar-refractivity contribution in [1.82, 2.24) is 19.9 Å². The molecule has 0 fully saturated rings. The molecule has 0 saturated heterocycles. The highest BCUT2D eigenvalue weighted by atomic mass is 32.2. The molecule has 1 amide bonds. The van der Waals surface area contributed by atoms with Crippen molar-refractivity contribution in [2.75, 3.05) is 30.1 Å². The van der Waals surface area contributed by atoms with Gasteiger partial charge in [0.15, 0.2) is 15.0 Å². The number of benzene rings is 2. The zero-order valence-corrected chi connectivity index (χ0v) is 20.4. The summed E-state index contributed by atoms with van der Waals surface area (Å²) in [5, 5.41) is 6.29. The minimum atomic E-state index is -3.31. The molecule has 2 aromatic carbocycles. The van der Waals surface area contributed by atoms with Gasteiger partial charge in [-0.3, -0.25) is 4.79 Å². The van der Waals surface area contributed by atoms with Crippen LogP contribution in [-0.2, 0) is 26.7 Å². The zero-order valence-electron chi connectivity index (χ0n) is 18.0. The zero-order chi connectivity index (χ0) is 24.0. The highest BCUT2D eigenvalue weighted by molar-refractivity contribution is 7.91. The molecule has 2 aromatic heterocycles. The maximum atomic E-state index is 12.3. The fraction of sp³-hybridized carbons (Fsp3) is 0.250. The number of imidazole rings is 1. The summed E-state index contributed by atoms with van der Waals surface area (Å²) in [5.41, 5.74) is 2.40. The number of thiazole rings is 1. The monoisotopic (exact) mass is 507 g/mol. The molecule has 2 N–H and O–H groups in total. The highest BCUT2D eigenvalue weighted by Crippen LogP contribution is 2.31. The smallest absolute Gasteiger partial charge is 0.251 e. The minimum absolute atomic E-state index is 0.0311. The second-order valence-corrected chi connectivity index (χ2v) is 12.9. The fourth-order valence-electron chi connectivity index (χ4n) is 3.19. The lowest BCUT2D eigenvalue weighted by Gasteiger charge is -2.05. The van der Waals surface area contributed by atoms with Crippen LogP contribution < -0.4 is 10.6 Å². The van der Waals surface area contributed by atoms with Crippen LogP contribution in [-0.4, -0.2) is 62.1 Å². The average Bonchev–Trinajstić information content (AvgIpc) is 3.26. The number of carbonyl (C=O) groups is 1. The predicted octanol–water partition coefficient (Wildman–Crippen LogP) is 2.10. The van der Waals surface area contributed by atoms with Crippen LogP contribution in [0.3, 0.4) is 0 Å². The molecule has 0 unspecified atom stereocenters. The van der Waals surface area contributed by atoms with Crippen LogP contribution in [0.5, 0.6) is 0 Å². The first-order valence-corrected chi connectivity index (χ1v) is 14.5. The van der Waals surface area contributed by atoms with Crippen molar-refractivity contribution >= 4 is 69.2 Å². The standard InChI is InChI=1S/C20H21N5O5S3/c1-25-16-7-4-12(18(26)21-8-9-32(2,27)28)10-15(16)22-19(25)24-20-23-14-6-5-13(33(3,29)30)11-17(14)31-20/h4-7,10-11H,8-9H2,1-3H3,(H,21,26)(H,22,23,24). The topological polar surface area (TPSA) is 140 Å². The molecule has 0 aliphatic rings. The molecule has 0 aliphatic carbocycles. The largest absolute Gasteiger partial charge is 0.351 e. The van der Waals surface area contributed by atoms with Crippen LogP contribution in [0.1, 0.15) is 10.4 Å². The van der Waals surface area contributed by atoms with Gasteiger partial charge < -0.3 is 15.2 Å². The summed E-state index contributed by atoms with van der Waals surface area (Å²) in [6, 6.07) is 9.82. The molecule has 4 aromatic rings. The fourth-order valence-corrected chi connectivity index (χ4v) is 5.28. The van der Waals surface area contributed by atoms with E-state index in [2.05, 4.69) is 20.6 Å². The van der Waals surface area contributed by atoms with E-state index in [1.54, 1.807) is 30.3 Å². The van der Waals surface area contributed by atoms with Crippen LogP contribution in [0.4, 0.5) is 11.1 Å². The van der Waals surface area contributed by atoms with Gasteiger partial charge in [0, 0.05) is 31.7 Å². The maximum Gasteiger partial charge on any atom is 0.251 e. The van der Waals surface area contributed by atoms with Crippen molar-refractivity contribution in [2.24, 2.45) is 7.05 Å². The second-order valence-electron chi connectivity index (χ2n) is 7.63. The van der Waals surface area contributed by atoms with Crippen molar-refractivity contribution in [3.8, 4) is 0 Å². The Kier molecular flexibility index (Phi) is 5.88. The molecule has 0 spiro atoms. The Bertz CT molecular complexity index is 1600. The molecule has 0 aliphatic heterocycles. The maximum absolute atomic E-state index is 12.3. The number of anilines is 2. The van der Waals surface area contributed by atoms with E-state index in [1.165, 1.54) is 17.4 Å². The van der Waals surface area contributed by atoms with E-state index in [1.807, 2.05) is 11.6 Å². The van der Waals surface area contributed by atoms with Gasteiger partial charge >= 0.3 is 0 Å². The van der Waals surface area contributed by atoms with Crippen molar-refractivity contribution < 1.29 is 21.6 Å². The molecular weight excluding hydrogens is 486 g/mol. The Morgan fingerprint density at radius 2 is 1.79 bits per heavy atom. The predicted molar refractivity (Wildman–Crippen MR) is 129 cm³/mol. The Hall–Kier alpha value is -3.03. The molecule has 10 nitrogen and oxygen atoms in total. The number of amides is 1. The molecule has 2 heterocycles. The summed E-state index contributed by atoms with van der Waals surface area (Å²) in [7, 11) is -4.66. The molecule has 0 atom stereocenters. The van der Waals surface area contributed by atoms with E-state index in [-0.39, 0.29) is 23.1 Å². The summed E-state index contributed by atoms with van der Waals surface area (Å²) in [6.07, 6.45) is 2.28. The van der Waals surface area contributed by atoms with Crippen LogP contribution in [0, 0.1) is 0 Å². The van der Waals surface area contributed by atoms with Crippen molar-refractivity contribution in [3.63, 3.8) is 0 Å². The lowest BCUT2D eigenvalue weighted by Crippen LogP contribution is -2.28. The van der Waals surface area contributed by atoms with E-state index in [4.69, 9.17) is 0 Å². The molecular formula is C20H21N5O5S3. The summed E-state index contributed by atoms with van der Waals surface area (Å²) < 4.78 is 48.6. The average molecular weight is 508 g/mol. The molecule has 33 heavy (non-hydrogen) atoms. The summed E-state index contributed by atoms with van der Waals surface area (Å²) in [4.78, 5) is 21.6. The van der Waals surface area contributed by atoms with Gasteiger partial charge in [0.25, 0.3) is 5.91 Å². The van der Waals surface area contributed by atoms with E-state index in [0.717, 1.165) is 22.7 Å². The van der Waals surface area contributed by atoms with Crippen molar-refractivity contribution in [1.29, 1.82) is 0 Å². The van der Waals surface area contributed by atoms with Gasteiger partial charge in [-0.15, -0.1) is 0 Å². The first kappa shape index (κ1) is 23.1. The molecule has 4 rings (SSSR count). The Morgan fingerprint density at radius 3 is 2.48 bits per heavy atom. The lowest BCUT2D eigenvalue weighted by atomic mass is 10.2. The number of aryl methyl sites for hydroxylation is 1. The van der Waals surface area contributed by atoms with Crippen molar-refractivity contribution in [2.45, 2.75) is 4.90 Å². The molecule has 174 valence electrons. The van der Waals surface area contributed by atoms with Gasteiger partial charge in [0.1, 0.15) is 9.84 Å². The number of aromatic nitrogens is 3. The summed E-state index contributed by atoms with van der Waals surface area (Å²) in [6.45, 7) is 0.0311. The Labute approximate surface area is 194 Å². The second kappa shape index (κ2) is 8.39. The first-order chi connectivity index (χ1) is 15.4. The first-order valence-electron chi connectivity index (χ1n) is 9.71. The van der Waals surface area contributed by atoms with E-state index in [0.29, 0.717) is 27.7 Å². The normalized spacial score (nSPS) is 12.3. The van der Waals surface area contributed by atoms with Crippen LogP contribution >= 0.6 is 11.3 Å². The number of nitrogens with zero attached hydrogens (tertiary/aromatic N) is 3. The Balaban J connectivity index is 1.57. The SMILES string of the molecule is Cn1c(Nc2nc3ccc(S(C)(=O)=O)cc3s2)nc2cc(C(=O)NCCS(C)(=O)=O)ccc21. The molecule has 13 heteroatoms. The number of hydrogen-bond acceptors (Lipinski definition) is 9. The summed E-state index contributed by atoms with van der Waals surface area (Å²) >= 11 is 1.31. The number of rotatable bonds is 7. The highest BCUT2D eigenvalue weighted by Gasteiger charge is 2.15. The number of nitrogens with one attached hydrogen (secondary N) is 2. The summed E-state index contributed by atoms with van der Waals surface area (Å²) in [5.74, 6) is -0.0115. The van der Waals surface area contributed by atoms with Crippen LogP contribution in [0.25, 0.3) is 21.3 Å². The van der Waals surface area contributed by atoms with Gasteiger partial charge in [-0.2, -0.15) is 0 Å². The van der Waals surface area contributed by atoms with Gasteiger partial charge in [-0.05, 0) is 36.4 Å².